The molecule has 1 amide bonds. The van der Waals surface area contributed by atoms with Crippen LogP contribution < -0.4 is 10.6 Å². The molecule has 0 radical (unpaired) electrons. The van der Waals surface area contributed by atoms with Gasteiger partial charge in [-0.2, -0.15) is 0 Å². The van der Waals surface area contributed by atoms with Gasteiger partial charge in [0.2, 0.25) is 5.91 Å². The molecule has 1 fully saturated rings. The maximum absolute atomic E-state index is 11.6. The SMILES string of the molecule is Cc1ccc(CC2NCCNC2=O)c(Br)c1. The Morgan fingerprint density at radius 2 is 2.25 bits per heavy atom. The molecule has 1 aliphatic heterocycles. The number of hydrogen-bond donors (Lipinski definition) is 2. The quantitative estimate of drug-likeness (QED) is 0.861. The fourth-order valence-electron chi connectivity index (χ4n) is 1.85. The average molecular weight is 283 g/mol. The van der Waals surface area contributed by atoms with E-state index in [1.165, 1.54) is 11.1 Å². The summed E-state index contributed by atoms with van der Waals surface area (Å²) in [5.41, 5.74) is 2.39. The standard InChI is InChI=1S/C12H15BrN2O/c1-8-2-3-9(10(13)6-8)7-11-12(16)15-5-4-14-11/h2-3,6,11,14H,4-5,7H2,1H3,(H,15,16). The summed E-state index contributed by atoms with van der Waals surface area (Å²) in [6, 6.07) is 6.12. The predicted molar refractivity (Wildman–Crippen MR) is 67.4 cm³/mol. The molecule has 0 aliphatic carbocycles. The van der Waals surface area contributed by atoms with Gasteiger partial charge >= 0.3 is 0 Å². The average Bonchev–Trinajstić information content (AvgIpc) is 2.25. The Morgan fingerprint density at radius 1 is 1.44 bits per heavy atom. The third-order valence-electron chi connectivity index (χ3n) is 2.76. The van der Waals surface area contributed by atoms with Crippen LogP contribution in [-0.2, 0) is 11.2 Å². The van der Waals surface area contributed by atoms with Crippen LogP contribution in [0.3, 0.4) is 0 Å². The Hall–Kier alpha value is -0.870. The molecule has 1 unspecified atom stereocenters. The normalized spacial score (nSPS) is 20.6. The van der Waals surface area contributed by atoms with Crippen LogP contribution in [0.15, 0.2) is 22.7 Å². The number of rotatable bonds is 2. The number of amides is 1. The third-order valence-corrected chi connectivity index (χ3v) is 3.50. The Labute approximate surface area is 104 Å². The van der Waals surface area contributed by atoms with E-state index in [2.05, 4.69) is 51.7 Å². The van der Waals surface area contributed by atoms with Crippen molar-refractivity contribution in [2.75, 3.05) is 13.1 Å². The van der Waals surface area contributed by atoms with E-state index in [9.17, 15) is 4.79 Å². The Kier molecular flexibility index (Phi) is 3.61. The summed E-state index contributed by atoms with van der Waals surface area (Å²) in [5.74, 6) is 0.0960. The molecule has 4 heteroatoms. The van der Waals surface area contributed by atoms with E-state index in [0.717, 1.165) is 24.0 Å². The van der Waals surface area contributed by atoms with Crippen LogP contribution in [0.1, 0.15) is 11.1 Å². The van der Waals surface area contributed by atoms with Crippen LogP contribution in [0.25, 0.3) is 0 Å². The second-order valence-corrected chi connectivity index (χ2v) is 4.95. The highest BCUT2D eigenvalue weighted by molar-refractivity contribution is 9.10. The first-order chi connectivity index (χ1) is 7.66. The van der Waals surface area contributed by atoms with Crippen molar-refractivity contribution in [1.29, 1.82) is 0 Å². The van der Waals surface area contributed by atoms with E-state index in [-0.39, 0.29) is 11.9 Å². The molecular formula is C12H15BrN2O. The van der Waals surface area contributed by atoms with Gasteiger partial charge in [-0.3, -0.25) is 4.79 Å². The third kappa shape index (κ3) is 2.62. The monoisotopic (exact) mass is 282 g/mol. The summed E-state index contributed by atoms with van der Waals surface area (Å²) in [6.07, 6.45) is 0.729. The van der Waals surface area contributed by atoms with E-state index in [1.54, 1.807) is 0 Å². The molecule has 86 valence electrons. The zero-order valence-corrected chi connectivity index (χ0v) is 10.8. The molecule has 2 rings (SSSR count). The zero-order valence-electron chi connectivity index (χ0n) is 9.22. The molecule has 0 aromatic heterocycles. The number of aryl methyl sites for hydroxylation is 1. The topological polar surface area (TPSA) is 41.1 Å². The van der Waals surface area contributed by atoms with Gasteiger partial charge in [0.25, 0.3) is 0 Å². The van der Waals surface area contributed by atoms with E-state index in [4.69, 9.17) is 0 Å². The minimum absolute atomic E-state index is 0.0960. The number of piperazine rings is 1. The van der Waals surface area contributed by atoms with E-state index in [0.29, 0.717) is 0 Å². The van der Waals surface area contributed by atoms with Gasteiger partial charge in [-0.25, -0.2) is 0 Å². The van der Waals surface area contributed by atoms with Gasteiger partial charge in [0.1, 0.15) is 0 Å². The molecule has 3 nitrogen and oxygen atoms in total. The minimum atomic E-state index is -0.104. The molecule has 16 heavy (non-hydrogen) atoms. The lowest BCUT2D eigenvalue weighted by molar-refractivity contribution is -0.124. The number of benzene rings is 1. The molecule has 1 aromatic rings. The summed E-state index contributed by atoms with van der Waals surface area (Å²) in [4.78, 5) is 11.6. The summed E-state index contributed by atoms with van der Waals surface area (Å²) >= 11 is 3.53. The van der Waals surface area contributed by atoms with Crippen molar-refractivity contribution in [3.63, 3.8) is 0 Å². The highest BCUT2D eigenvalue weighted by Gasteiger charge is 2.22. The molecular weight excluding hydrogens is 268 g/mol. The molecule has 1 aliphatic rings. The Bertz CT molecular complexity index is 406. The first-order valence-corrected chi connectivity index (χ1v) is 6.22. The maximum Gasteiger partial charge on any atom is 0.237 e. The van der Waals surface area contributed by atoms with Crippen molar-refractivity contribution in [2.24, 2.45) is 0 Å². The summed E-state index contributed by atoms with van der Waals surface area (Å²) in [7, 11) is 0. The Morgan fingerprint density at radius 3 is 2.94 bits per heavy atom. The van der Waals surface area contributed by atoms with Gasteiger partial charge in [-0.1, -0.05) is 28.1 Å². The number of carbonyl (C=O) groups is 1. The van der Waals surface area contributed by atoms with Gasteiger partial charge in [0.05, 0.1) is 6.04 Å². The second-order valence-electron chi connectivity index (χ2n) is 4.10. The summed E-state index contributed by atoms with van der Waals surface area (Å²) < 4.78 is 1.08. The molecule has 0 saturated carbocycles. The second kappa shape index (κ2) is 4.97. The maximum atomic E-state index is 11.6. The number of hydrogen-bond acceptors (Lipinski definition) is 2. The van der Waals surface area contributed by atoms with Gasteiger partial charge in [-0.05, 0) is 30.5 Å². The van der Waals surface area contributed by atoms with E-state index < -0.39 is 0 Å². The van der Waals surface area contributed by atoms with Crippen molar-refractivity contribution >= 4 is 21.8 Å². The van der Waals surface area contributed by atoms with Gasteiger partial charge in [0.15, 0.2) is 0 Å². The Balaban J connectivity index is 2.10. The molecule has 1 atom stereocenters. The minimum Gasteiger partial charge on any atom is -0.353 e. The number of halogens is 1. The van der Waals surface area contributed by atoms with Crippen molar-refractivity contribution in [2.45, 2.75) is 19.4 Å². The van der Waals surface area contributed by atoms with Crippen molar-refractivity contribution in [3.05, 3.63) is 33.8 Å². The van der Waals surface area contributed by atoms with E-state index in [1.807, 2.05) is 0 Å². The molecule has 0 spiro atoms. The highest BCUT2D eigenvalue weighted by atomic mass is 79.9. The zero-order chi connectivity index (χ0) is 11.5. The first kappa shape index (κ1) is 11.6. The fraction of sp³-hybridized carbons (Fsp3) is 0.417. The molecule has 1 aromatic carbocycles. The van der Waals surface area contributed by atoms with Crippen LogP contribution in [0, 0.1) is 6.92 Å². The molecule has 1 saturated heterocycles. The van der Waals surface area contributed by atoms with Gasteiger partial charge in [-0.15, -0.1) is 0 Å². The lowest BCUT2D eigenvalue weighted by Crippen LogP contribution is -2.53. The van der Waals surface area contributed by atoms with E-state index >= 15 is 0 Å². The smallest absolute Gasteiger partial charge is 0.237 e. The van der Waals surface area contributed by atoms with Crippen molar-refractivity contribution in [1.82, 2.24) is 10.6 Å². The van der Waals surface area contributed by atoms with Gasteiger partial charge < -0.3 is 10.6 Å². The van der Waals surface area contributed by atoms with Gasteiger partial charge in [0, 0.05) is 17.6 Å². The largest absolute Gasteiger partial charge is 0.353 e. The fourth-order valence-corrected chi connectivity index (χ4v) is 2.51. The summed E-state index contributed by atoms with van der Waals surface area (Å²) in [5, 5.41) is 6.09. The molecule has 1 heterocycles. The van der Waals surface area contributed by atoms with Crippen molar-refractivity contribution < 1.29 is 4.79 Å². The highest BCUT2D eigenvalue weighted by Crippen LogP contribution is 2.20. The predicted octanol–water partition coefficient (Wildman–Crippen LogP) is 1.39. The summed E-state index contributed by atoms with van der Waals surface area (Å²) in [6.45, 7) is 3.63. The number of nitrogens with one attached hydrogen (secondary N) is 2. The number of carbonyl (C=O) groups excluding carboxylic acids is 1. The molecule has 2 N–H and O–H groups in total. The lowest BCUT2D eigenvalue weighted by atomic mass is 10.0. The van der Waals surface area contributed by atoms with Crippen LogP contribution in [-0.4, -0.2) is 25.0 Å². The van der Waals surface area contributed by atoms with Crippen LogP contribution >= 0.6 is 15.9 Å². The molecule has 0 bridgehead atoms. The van der Waals surface area contributed by atoms with Crippen molar-refractivity contribution in [3.8, 4) is 0 Å². The first-order valence-electron chi connectivity index (χ1n) is 5.43. The van der Waals surface area contributed by atoms with Crippen LogP contribution in [0.2, 0.25) is 0 Å². The van der Waals surface area contributed by atoms with Crippen LogP contribution in [0.5, 0.6) is 0 Å². The lowest BCUT2D eigenvalue weighted by Gasteiger charge is -2.23. The van der Waals surface area contributed by atoms with Crippen LogP contribution in [0.4, 0.5) is 0 Å².